The Labute approximate surface area is 68.6 Å². The molecule has 0 bridgehead atoms. The van der Waals surface area contributed by atoms with Gasteiger partial charge >= 0.3 is 0 Å². The van der Waals surface area contributed by atoms with Crippen LogP contribution in [-0.4, -0.2) is 11.7 Å². The predicted octanol–water partition coefficient (Wildman–Crippen LogP) is 0.957. The van der Waals surface area contributed by atoms with Crippen LogP contribution < -0.4 is 5.73 Å². The van der Waals surface area contributed by atoms with E-state index in [1.54, 1.807) is 0 Å². The van der Waals surface area contributed by atoms with Gasteiger partial charge in [0, 0.05) is 11.6 Å². The minimum atomic E-state index is -0.786. The van der Waals surface area contributed by atoms with E-state index in [1.807, 2.05) is 0 Å². The molecule has 0 spiro atoms. The maximum atomic E-state index is 12.9. The molecule has 12 heavy (non-hydrogen) atoms. The molecular weight excluding hydrogens is 164 g/mol. The molecule has 3 N–H and O–H groups in total. The molecule has 0 saturated carbocycles. The molecule has 0 fully saturated rings. The van der Waals surface area contributed by atoms with Crippen molar-refractivity contribution in [3.63, 3.8) is 0 Å². The van der Waals surface area contributed by atoms with Gasteiger partial charge in [0.2, 0.25) is 0 Å². The van der Waals surface area contributed by atoms with Gasteiger partial charge < -0.3 is 10.8 Å². The summed E-state index contributed by atoms with van der Waals surface area (Å²) in [5.74, 6) is -1.38. The largest absolute Gasteiger partial charge is 0.394 e. The zero-order chi connectivity index (χ0) is 9.14. The maximum absolute atomic E-state index is 12.9. The Hall–Kier alpha value is -1.00. The maximum Gasteiger partial charge on any atom is 0.130 e. The monoisotopic (exact) mass is 173 g/mol. The van der Waals surface area contributed by atoms with Crippen LogP contribution in [0.15, 0.2) is 18.2 Å². The first-order valence-corrected chi connectivity index (χ1v) is 3.46. The standard InChI is InChI=1S/C8H9F2NO/c9-5-1-2-6(7(10)3-5)8(11)4-12/h1-3,8,12H,4,11H2/t8-/m1/s1. The van der Waals surface area contributed by atoms with Gasteiger partial charge in [-0.05, 0) is 6.07 Å². The van der Waals surface area contributed by atoms with Gasteiger partial charge in [0.15, 0.2) is 0 Å². The van der Waals surface area contributed by atoms with Crippen LogP contribution in [0.25, 0.3) is 0 Å². The van der Waals surface area contributed by atoms with Crippen LogP contribution in [0.2, 0.25) is 0 Å². The minimum Gasteiger partial charge on any atom is -0.394 e. The first-order chi connectivity index (χ1) is 5.65. The fourth-order valence-corrected chi connectivity index (χ4v) is 0.901. The molecular formula is C8H9F2NO. The number of halogens is 2. The van der Waals surface area contributed by atoms with Crippen molar-refractivity contribution in [2.45, 2.75) is 6.04 Å². The van der Waals surface area contributed by atoms with Gasteiger partial charge in [-0.3, -0.25) is 0 Å². The zero-order valence-corrected chi connectivity index (χ0v) is 6.30. The molecule has 4 heteroatoms. The van der Waals surface area contributed by atoms with E-state index in [0.717, 1.165) is 12.1 Å². The van der Waals surface area contributed by atoms with Gasteiger partial charge in [-0.1, -0.05) is 6.07 Å². The van der Waals surface area contributed by atoms with Crippen LogP contribution in [0.1, 0.15) is 11.6 Å². The molecule has 0 radical (unpaired) electrons. The zero-order valence-electron chi connectivity index (χ0n) is 6.30. The van der Waals surface area contributed by atoms with Gasteiger partial charge in [0.1, 0.15) is 11.6 Å². The van der Waals surface area contributed by atoms with Gasteiger partial charge in [-0.25, -0.2) is 8.78 Å². The Morgan fingerprint density at radius 1 is 1.42 bits per heavy atom. The molecule has 0 unspecified atom stereocenters. The van der Waals surface area contributed by atoms with E-state index in [0.29, 0.717) is 0 Å². The second kappa shape index (κ2) is 3.60. The Morgan fingerprint density at radius 2 is 2.08 bits per heavy atom. The van der Waals surface area contributed by atoms with Crippen LogP contribution in [0.4, 0.5) is 8.78 Å². The number of aliphatic hydroxyl groups excluding tert-OH is 1. The van der Waals surface area contributed by atoms with E-state index in [2.05, 4.69) is 0 Å². The lowest BCUT2D eigenvalue weighted by molar-refractivity contribution is 0.265. The van der Waals surface area contributed by atoms with E-state index >= 15 is 0 Å². The lowest BCUT2D eigenvalue weighted by atomic mass is 10.1. The molecule has 1 aromatic rings. The number of nitrogens with two attached hydrogens (primary N) is 1. The third-order valence-corrected chi connectivity index (χ3v) is 1.56. The summed E-state index contributed by atoms with van der Waals surface area (Å²) in [6.45, 7) is -0.359. The summed E-state index contributed by atoms with van der Waals surface area (Å²) in [4.78, 5) is 0. The number of benzene rings is 1. The third-order valence-electron chi connectivity index (χ3n) is 1.56. The lowest BCUT2D eigenvalue weighted by Crippen LogP contribution is -2.16. The number of aliphatic hydroxyl groups is 1. The highest BCUT2D eigenvalue weighted by Gasteiger charge is 2.10. The van der Waals surface area contributed by atoms with Crippen molar-refractivity contribution < 1.29 is 13.9 Å². The van der Waals surface area contributed by atoms with Crippen LogP contribution in [0, 0.1) is 11.6 Å². The molecule has 0 aromatic heterocycles. The molecule has 0 heterocycles. The SMILES string of the molecule is N[C@H](CO)c1ccc(F)cc1F. The van der Waals surface area contributed by atoms with Crippen molar-refractivity contribution in [1.29, 1.82) is 0 Å². The Morgan fingerprint density at radius 3 is 2.58 bits per heavy atom. The van der Waals surface area contributed by atoms with Crippen molar-refractivity contribution >= 4 is 0 Å². The molecule has 0 saturated heterocycles. The average molecular weight is 173 g/mol. The Bertz CT molecular complexity index is 278. The Kier molecular flexibility index (Phi) is 2.73. The van der Waals surface area contributed by atoms with E-state index in [1.165, 1.54) is 6.07 Å². The average Bonchev–Trinajstić information content (AvgIpc) is 2.03. The molecule has 1 aromatic carbocycles. The van der Waals surface area contributed by atoms with E-state index in [4.69, 9.17) is 10.8 Å². The highest BCUT2D eigenvalue weighted by Crippen LogP contribution is 2.15. The molecule has 0 aliphatic carbocycles. The van der Waals surface area contributed by atoms with Crippen LogP contribution in [0.3, 0.4) is 0 Å². The molecule has 1 atom stereocenters. The summed E-state index contributed by atoms with van der Waals surface area (Å²) >= 11 is 0. The quantitative estimate of drug-likeness (QED) is 0.699. The van der Waals surface area contributed by atoms with E-state index < -0.39 is 17.7 Å². The van der Waals surface area contributed by atoms with Crippen molar-refractivity contribution in [2.75, 3.05) is 6.61 Å². The van der Waals surface area contributed by atoms with E-state index in [-0.39, 0.29) is 12.2 Å². The molecule has 0 aliphatic rings. The molecule has 2 nitrogen and oxygen atoms in total. The minimum absolute atomic E-state index is 0.124. The van der Waals surface area contributed by atoms with Crippen LogP contribution in [-0.2, 0) is 0 Å². The highest BCUT2D eigenvalue weighted by atomic mass is 19.1. The van der Waals surface area contributed by atoms with Crippen molar-refractivity contribution in [3.05, 3.63) is 35.4 Å². The molecule has 0 aliphatic heterocycles. The van der Waals surface area contributed by atoms with Gasteiger partial charge in [-0.15, -0.1) is 0 Å². The first kappa shape index (κ1) is 9.09. The fourth-order valence-electron chi connectivity index (χ4n) is 0.901. The van der Waals surface area contributed by atoms with Gasteiger partial charge in [0.05, 0.1) is 12.6 Å². The second-order valence-electron chi connectivity index (χ2n) is 2.45. The lowest BCUT2D eigenvalue weighted by Gasteiger charge is -2.08. The summed E-state index contributed by atoms with van der Waals surface area (Å²) in [7, 11) is 0. The van der Waals surface area contributed by atoms with Crippen molar-refractivity contribution in [2.24, 2.45) is 5.73 Å². The Balaban J connectivity index is 3.01. The van der Waals surface area contributed by atoms with Gasteiger partial charge in [-0.2, -0.15) is 0 Å². The van der Waals surface area contributed by atoms with Crippen LogP contribution in [0.5, 0.6) is 0 Å². The highest BCUT2D eigenvalue weighted by molar-refractivity contribution is 5.21. The second-order valence-corrected chi connectivity index (χ2v) is 2.45. The molecule has 66 valence electrons. The smallest absolute Gasteiger partial charge is 0.130 e. The topological polar surface area (TPSA) is 46.2 Å². The van der Waals surface area contributed by atoms with Gasteiger partial charge in [0.25, 0.3) is 0 Å². The van der Waals surface area contributed by atoms with Crippen molar-refractivity contribution in [3.8, 4) is 0 Å². The van der Waals surface area contributed by atoms with Crippen molar-refractivity contribution in [1.82, 2.24) is 0 Å². The summed E-state index contributed by atoms with van der Waals surface area (Å²) in [5.41, 5.74) is 5.46. The summed E-state index contributed by atoms with van der Waals surface area (Å²) in [6.07, 6.45) is 0. The number of hydrogen-bond acceptors (Lipinski definition) is 2. The third kappa shape index (κ3) is 1.78. The summed E-state index contributed by atoms with van der Waals surface area (Å²) in [6, 6.07) is 2.29. The number of rotatable bonds is 2. The normalized spacial score (nSPS) is 13.0. The fraction of sp³-hybridized carbons (Fsp3) is 0.250. The summed E-state index contributed by atoms with van der Waals surface area (Å²) in [5, 5.41) is 8.60. The first-order valence-electron chi connectivity index (χ1n) is 3.46. The van der Waals surface area contributed by atoms with E-state index in [9.17, 15) is 8.78 Å². The molecule has 0 amide bonds. The van der Waals surface area contributed by atoms with Crippen LogP contribution >= 0.6 is 0 Å². The predicted molar refractivity (Wildman–Crippen MR) is 40.4 cm³/mol. The summed E-state index contributed by atoms with van der Waals surface area (Å²) < 4.78 is 25.2. The number of hydrogen-bond donors (Lipinski definition) is 2. The molecule has 1 rings (SSSR count).